The van der Waals surface area contributed by atoms with Gasteiger partial charge in [-0.05, 0) is 35.4 Å². The maximum Gasteiger partial charge on any atom is 0.514 e. The maximum absolute atomic E-state index is 11.4. The molecule has 6 nitrogen and oxygen atoms in total. The number of carbonyl (C=O) groups is 2. The summed E-state index contributed by atoms with van der Waals surface area (Å²) in [6.45, 7) is 1.73. The second-order valence-electron chi connectivity index (χ2n) is 5.55. The molecule has 0 unspecified atom stereocenters. The Morgan fingerprint density at radius 2 is 1.14 bits per heavy atom. The molecule has 0 saturated carbocycles. The van der Waals surface area contributed by atoms with Gasteiger partial charge in [-0.25, -0.2) is 9.59 Å². The van der Waals surface area contributed by atoms with Crippen molar-refractivity contribution in [2.75, 3.05) is 13.2 Å². The molecule has 142 valence electrons. The Morgan fingerprint density at radius 1 is 0.786 bits per heavy atom. The molecule has 0 aliphatic heterocycles. The highest BCUT2D eigenvalue weighted by atomic mass is 16.7. The summed E-state index contributed by atoms with van der Waals surface area (Å²) in [5.41, 5.74) is 2.01. The van der Waals surface area contributed by atoms with E-state index in [1.54, 1.807) is 24.3 Å². The molecule has 2 aromatic rings. The average molecular weight is 378 g/mol. The lowest BCUT2D eigenvalue weighted by Gasteiger charge is -2.14. The van der Waals surface area contributed by atoms with Crippen molar-refractivity contribution < 1.29 is 28.5 Å². The number of rotatable bonds is 6. The summed E-state index contributed by atoms with van der Waals surface area (Å²) in [6.07, 6.45) is 8.32. The van der Waals surface area contributed by atoms with E-state index >= 15 is 0 Å². The Hall–Kier alpha value is -3.90. The largest absolute Gasteiger partial charge is 0.514 e. The smallest absolute Gasteiger partial charge is 0.421 e. The lowest BCUT2D eigenvalue weighted by Crippen LogP contribution is -2.10. The molecule has 0 heterocycles. The van der Waals surface area contributed by atoms with Gasteiger partial charge in [-0.2, -0.15) is 0 Å². The van der Waals surface area contributed by atoms with E-state index in [1.165, 1.54) is 0 Å². The van der Waals surface area contributed by atoms with Crippen molar-refractivity contribution in [1.82, 2.24) is 0 Å². The maximum atomic E-state index is 11.4. The van der Waals surface area contributed by atoms with Crippen molar-refractivity contribution in [1.29, 1.82) is 0 Å². The van der Waals surface area contributed by atoms with Crippen LogP contribution in [0.25, 0.3) is 0 Å². The molecule has 6 heteroatoms. The highest BCUT2D eigenvalue weighted by molar-refractivity contribution is 5.64. The molecular formula is C22H18O6. The molecule has 0 aliphatic carbocycles. The summed E-state index contributed by atoms with van der Waals surface area (Å²) in [4.78, 5) is 22.8. The van der Waals surface area contributed by atoms with Gasteiger partial charge in [-0.15, -0.1) is 12.8 Å². The second kappa shape index (κ2) is 10.3. The summed E-state index contributed by atoms with van der Waals surface area (Å²) in [6, 6.07) is 14.0. The number of hydrogen-bond donors (Lipinski definition) is 0. The van der Waals surface area contributed by atoms with E-state index < -0.39 is 12.3 Å². The lowest BCUT2D eigenvalue weighted by atomic mass is 9.93. The van der Waals surface area contributed by atoms with Crippen molar-refractivity contribution in [3.63, 3.8) is 0 Å². The summed E-state index contributed by atoms with van der Waals surface area (Å²) >= 11 is 0. The SMILES string of the molecule is C#CCOC(=O)Oc1ccc(C(C)c2ccc(OC(=O)OCC#C)cc2)cc1. The number of terminal acetylenes is 2. The predicted octanol–water partition coefficient (Wildman–Crippen LogP) is 4.14. The van der Waals surface area contributed by atoms with E-state index in [0.29, 0.717) is 11.5 Å². The molecule has 0 bridgehead atoms. The van der Waals surface area contributed by atoms with Crippen LogP contribution in [0.1, 0.15) is 24.0 Å². The minimum absolute atomic E-state index is 0.0601. The van der Waals surface area contributed by atoms with Gasteiger partial charge < -0.3 is 18.9 Å². The van der Waals surface area contributed by atoms with Crippen molar-refractivity contribution in [3.8, 4) is 36.2 Å². The van der Waals surface area contributed by atoms with Crippen LogP contribution < -0.4 is 9.47 Å². The zero-order valence-electron chi connectivity index (χ0n) is 15.2. The molecule has 0 saturated heterocycles. The van der Waals surface area contributed by atoms with Gasteiger partial charge in [0.1, 0.15) is 11.5 Å². The minimum Gasteiger partial charge on any atom is -0.421 e. The third-order valence-electron chi connectivity index (χ3n) is 3.71. The highest BCUT2D eigenvalue weighted by Crippen LogP contribution is 2.27. The lowest BCUT2D eigenvalue weighted by molar-refractivity contribution is 0.110. The molecule has 0 amide bonds. The molecule has 2 aromatic carbocycles. The van der Waals surface area contributed by atoms with Crippen molar-refractivity contribution >= 4 is 12.3 Å². The zero-order valence-corrected chi connectivity index (χ0v) is 15.2. The minimum atomic E-state index is -0.852. The zero-order chi connectivity index (χ0) is 20.4. The van der Waals surface area contributed by atoms with Crippen LogP contribution >= 0.6 is 0 Å². The Labute approximate surface area is 163 Å². The standard InChI is InChI=1S/C22H18O6/c1-4-14-25-21(23)27-19-10-6-17(7-11-19)16(3)18-8-12-20(13-9-18)28-22(24)26-15-5-2/h1-2,6-13,16H,14-15H2,3H3. The first kappa shape index (κ1) is 20.4. The van der Waals surface area contributed by atoms with Crippen LogP contribution in [-0.4, -0.2) is 25.5 Å². The number of carbonyl (C=O) groups excluding carboxylic acids is 2. The first-order valence-electron chi connectivity index (χ1n) is 8.29. The number of hydrogen-bond acceptors (Lipinski definition) is 6. The Bertz CT molecular complexity index is 809. The quantitative estimate of drug-likeness (QED) is 0.427. The van der Waals surface area contributed by atoms with Crippen LogP contribution in [0.5, 0.6) is 11.5 Å². The second-order valence-corrected chi connectivity index (χ2v) is 5.55. The summed E-state index contributed by atoms with van der Waals surface area (Å²) in [7, 11) is 0. The normalized spacial score (nSPS) is 9.71. The molecule has 0 N–H and O–H groups in total. The topological polar surface area (TPSA) is 71.1 Å². The number of benzene rings is 2. The fraction of sp³-hybridized carbons (Fsp3) is 0.182. The molecular weight excluding hydrogens is 360 g/mol. The van der Waals surface area contributed by atoms with Gasteiger partial charge in [0.05, 0.1) is 0 Å². The number of ether oxygens (including phenoxy) is 4. The summed E-state index contributed by atoms with van der Waals surface area (Å²) in [5, 5.41) is 0. The first-order valence-corrected chi connectivity index (χ1v) is 8.29. The van der Waals surface area contributed by atoms with Gasteiger partial charge in [0, 0.05) is 5.92 Å². The van der Waals surface area contributed by atoms with Crippen LogP contribution in [0.15, 0.2) is 48.5 Å². The van der Waals surface area contributed by atoms with Crippen LogP contribution in [0.4, 0.5) is 9.59 Å². The van der Waals surface area contributed by atoms with E-state index in [0.717, 1.165) is 11.1 Å². The average Bonchev–Trinajstić information content (AvgIpc) is 2.71. The van der Waals surface area contributed by atoms with Gasteiger partial charge in [0.15, 0.2) is 13.2 Å². The Morgan fingerprint density at radius 3 is 1.46 bits per heavy atom. The van der Waals surface area contributed by atoms with Crippen LogP contribution in [0, 0.1) is 24.7 Å². The van der Waals surface area contributed by atoms with Crippen LogP contribution in [-0.2, 0) is 9.47 Å². The van der Waals surface area contributed by atoms with E-state index in [2.05, 4.69) is 21.3 Å². The summed E-state index contributed by atoms with van der Waals surface area (Å²) in [5.74, 6) is 5.14. The van der Waals surface area contributed by atoms with Crippen molar-refractivity contribution in [2.45, 2.75) is 12.8 Å². The van der Waals surface area contributed by atoms with Gasteiger partial charge in [0.2, 0.25) is 0 Å². The molecule has 0 aliphatic rings. The predicted molar refractivity (Wildman–Crippen MR) is 102 cm³/mol. The molecule has 2 rings (SSSR count). The first-order chi connectivity index (χ1) is 13.5. The van der Waals surface area contributed by atoms with Gasteiger partial charge >= 0.3 is 12.3 Å². The van der Waals surface area contributed by atoms with Gasteiger partial charge in [-0.1, -0.05) is 43.0 Å². The van der Waals surface area contributed by atoms with Crippen molar-refractivity contribution in [3.05, 3.63) is 59.7 Å². The van der Waals surface area contributed by atoms with Gasteiger partial charge in [0.25, 0.3) is 0 Å². The molecule has 28 heavy (non-hydrogen) atoms. The Balaban J connectivity index is 1.97. The third kappa shape index (κ3) is 6.12. The third-order valence-corrected chi connectivity index (χ3v) is 3.71. The van der Waals surface area contributed by atoms with E-state index in [4.69, 9.17) is 22.3 Å². The van der Waals surface area contributed by atoms with Crippen LogP contribution in [0.2, 0.25) is 0 Å². The molecule has 0 atom stereocenters. The molecule has 0 radical (unpaired) electrons. The van der Waals surface area contributed by atoms with Crippen LogP contribution in [0.3, 0.4) is 0 Å². The summed E-state index contributed by atoms with van der Waals surface area (Å²) < 4.78 is 19.3. The van der Waals surface area contributed by atoms with Crippen molar-refractivity contribution in [2.24, 2.45) is 0 Å². The van der Waals surface area contributed by atoms with E-state index in [-0.39, 0.29) is 19.1 Å². The van der Waals surface area contributed by atoms with E-state index in [9.17, 15) is 9.59 Å². The monoisotopic (exact) mass is 378 g/mol. The molecule has 0 spiro atoms. The Kier molecular flexibility index (Phi) is 7.51. The fourth-order valence-corrected chi connectivity index (χ4v) is 2.29. The molecule has 0 aromatic heterocycles. The van der Waals surface area contributed by atoms with Gasteiger partial charge in [-0.3, -0.25) is 0 Å². The fourth-order valence-electron chi connectivity index (χ4n) is 2.29. The van der Waals surface area contributed by atoms with E-state index in [1.807, 2.05) is 31.2 Å². The highest BCUT2D eigenvalue weighted by Gasteiger charge is 2.11. The molecule has 0 fully saturated rings.